The van der Waals surface area contributed by atoms with E-state index in [4.69, 9.17) is 32.9 Å². The lowest BCUT2D eigenvalue weighted by Crippen LogP contribution is -2.41. The Balaban J connectivity index is 1.45. The molecule has 10 nitrogen and oxygen atoms in total. The Morgan fingerprint density at radius 3 is 2.69 bits per heavy atom. The first-order chi connectivity index (χ1) is 20.5. The monoisotopic (exact) mass is 612 g/mol. The number of carbonyl (C=O) groups excluding carboxylic acids is 1. The Bertz CT molecular complexity index is 1550. The Labute approximate surface area is 252 Å². The molecule has 2 aliphatic rings. The SMILES string of the molecule is O=C(NCCN1CCOCC1)c1cc(Cl)cc(-c2c(-c3nnn[nH]3)nc(C3CCCCC3)n2-c2cccc(Cl)c2F)c1. The van der Waals surface area contributed by atoms with E-state index >= 15 is 4.39 Å². The second kappa shape index (κ2) is 12.9. The molecule has 42 heavy (non-hydrogen) atoms. The van der Waals surface area contributed by atoms with Crippen LogP contribution in [0.4, 0.5) is 4.39 Å². The maximum absolute atomic E-state index is 15.7. The van der Waals surface area contributed by atoms with E-state index < -0.39 is 5.82 Å². The summed E-state index contributed by atoms with van der Waals surface area (Å²) >= 11 is 12.9. The number of morpholine rings is 1. The van der Waals surface area contributed by atoms with Crippen LogP contribution in [0.1, 0.15) is 54.2 Å². The Morgan fingerprint density at radius 1 is 1.12 bits per heavy atom. The van der Waals surface area contributed by atoms with E-state index in [1.54, 1.807) is 34.9 Å². The molecule has 3 heterocycles. The summed E-state index contributed by atoms with van der Waals surface area (Å²) in [6.45, 7) is 4.26. The van der Waals surface area contributed by atoms with Crippen molar-refractivity contribution in [2.45, 2.75) is 38.0 Å². The highest BCUT2D eigenvalue weighted by molar-refractivity contribution is 6.31. The molecule has 1 saturated heterocycles. The molecule has 0 atom stereocenters. The van der Waals surface area contributed by atoms with Crippen molar-refractivity contribution in [1.29, 1.82) is 0 Å². The largest absolute Gasteiger partial charge is 0.379 e. The van der Waals surface area contributed by atoms with E-state index in [0.717, 1.165) is 51.7 Å². The first-order valence-corrected chi connectivity index (χ1v) is 15.0. The minimum absolute atomic E-state index is 0.00365. The van der Waals surface area contributed by atoms with Crippen molar-refractivity contribution in [1.82, 2.24) is 40.4 Å². The Kier molecular flexibility index (Phi) is 8.80. The Hall–Kier alpha value is -3.38. The quantitative estimate of drug-likeness (QED) is 0.278. The van der Waals surface area contributed by atoms with E-state index in [0.29, 0.717) is 58.9 Å². The number of benzene rings is 2. The topological polar surface area (TPSA) is 114 Å². The molecule has 0 radical (unpaired) electrons. The lowest BCUT2D eigenvalue weighted by molar-refractivity contribution is 0.0383. The van der Waals surface area contributed by atoms with Crippen molar-refractivity contribution in [2.75, 3.05) is 39.4 Å². The average molecular weight is 614 g/mol. The van der Waals surface area contributed by atoms with Crippen LogP contribution in [0, 0.1) is 5.82 Å². The zero-order valence-electron chi connectivity index (χ0n) is 23.0. The number of hydrogen-bond donors (Lipinski definition) is 2. The molecule has 6 rings (SSSR count). The van der Waals surface area contributed by atoms with Gasteiger partial charge in [0, 0.05) is 48.2 Å². The molecule has 2 fully saturated rings. The van der Waals surface area contributed by atoms with Gasteiger partial charge in [0.05, 0.1) is 29.6 Å². The molecule has 0 unspecified atom stereocenters. The minimum atomic E-state index is -0.569. The normalized spacial score (nSPS) is 16.5. The summed E-state index contributed by atoms with van der Waals surface area (Å²) in [5.74, 6) is 0.263. The van der Waals surface area contributed by atoms with Crippen LogP contribution in [0.2, 0.25) is 10.0 Å². The molecule has 2 aromatic heterocycles. The Morgan fingerprint density at radius 2 is 1.93 bits per heavy atom. The maximum atomic E-state index is 15.7. The van der Waals surface area contributed by atoms with Crippen LogP contribution in [-0.2, 0) is 4.74 Å². The number of nitrogens with zero attached hydrogens (tertiary/aromatic N) is 6. The smallest absolute Gasteiger partial charge is 0.251 e. The minimum Gasteiger partial charge on any atom is -0.379 e. The first kappa shape index (κ1) is 28.7. The van der Waals surface area contributed by atoms with E-state index in [-0.39, 0.29) is 22.5 Å². The van der Waals surface area contributed by atoms with Crippen molar-refractivity contribution >= 4 is 29.1 Å². The number of tetrazole rings is 1. The zero-order chi connectivity index (χ0) is 29.1. The summed E-state index contributed by atoms with van der Waals surface area (Å²) < 4.78 is 22.9. The average Bonchev–Trinajstić information content (AvgIpc) is 3.68. The van der Waals surface area contributed by atoms with Crippen LogP contribution in [0.3, 0.4) is 0 Å². The molecule has 220 valence electrons. The standard InChI is InChI=1S/C29H31Cl2FN8O2/c30-21-16-19(15-20(17-21)29(41)33-9-10-39-11-13-42-14-12-39)26-25(27-35-37-38-36-27)34-28(18-5-2-1-3-6-18)40(26)23-8-4-7-22(31)24(23)32/h4,7-8,15-18H,1-3,5-6,9-14H2,(H,33,41)(H,35,36,37,38). The fraction of sp³-hybridized carbons (Fsp3) is 0.414. The molecule has 0 spiro atoms. The summed E-state index contributed by atoms with van der Waals surface area (Å²) in [6.07, 6.45) is 5.08. The molecule has 1 saturated carbocycles. The highest BCUT2D eigenvalue weighted by atomic mass is 35.5. The second-order valence-electron chi connectivity index (χ2n) is 10.6. The van der Waals surface area contributed by atoms with Crippen molar-refractivity contribution in [2.24, 2.45) is 0 Å². The molecule has 2 N–H and O–H groups in total. The molecule has 1 aliphatic heterocycles. The van der Waals surface area contributed by atoms with Crippen molar-refractivity contribution in [3.63, 3.8) is 0 Å². The lowest BCUT2D eigenvalue weighted by Gasteiger charge is -2.26. The van der Waals surface area contributed by atoms with Gasteiger partial charge in [-0.2, -0.15) is 0 Å². The number of imidazole rings is 1. The van der Waals surface area contributed by atoms with Gasteiger partial charge in [0.1, 0.15) is 11.5 Å². The zero-order valence-corrected chi connectivity index (χ0v) is 24.5. The molecule has 0 bridgehead atoms. The molecule has 1 aliphatic carbocycles. The molecular formula is C29H31Cl2FN8O2. The highest BCUT2D eigenvalue weighted by Crippen LogP contribution is 2.42. The van der Waals surface area contributed by atoms with E-state index in [1.807, 2.05) is 0 Å². The maximum Gasteiger partial charge on any atom is 0.251 e. The number of ether oxygens (including phenoxy) is 1. The fourth-order valence-electron chi connectivity index (χ4n) is 5.78. The van der Waals surface area contributed by atoms with Crippen LogP contribution >= 0.6 is 23.2 Å². The van der Waals surface area contributed by atoms with Crippen LogP contribution in [0.15, 0.2) is 36.4 Å². The summed E-state index contributed by atoms with van der Waals surface area (Å²) in [5, 5.41) is 17.8. The summed E-state index contributed by atoms with van der Waals surface area (Å²) in [6, 6.07) is 9.98. The number of nitrogens with one attached hydrogen (secondary N) is 2. The molecule has 2 aromatic carbocycles. The number of H-pyrrole nitrogens is 1. The third kappa shape index (κ3) is 6.05. The van der Waals surface area contributed by atoms with Crippen LogP contribution in [0.5, 0.6) is 0 Å². The number of aromatic amines is 1. The second-order valence-corrected chi connectivity index (χ2v) is 11.4. The van der Waals surface area contributed by atoms with Gasteiger partial charge in [0.15, 0.2) is 11.6 Å². The molecular weight excluding hydrogens is 582 g/mol. The summed E-state index contributed by atoms with van der Waals surface area (Å²) in [4.78, 5) is 20.6. The van der Waals surface area contributed by atoms with Gasteiger partial charge in [-0.05, 0) is 53.6 Å². The molecule has 1 amide bonds. The van der Waals surface area contributed by atoms with Gasteiger partial charge in [-0.15, -0.1) is 5.10 Å². The number of amides is 1. The third-order valence-electron chi connectivity index (χ3n) is 7.87. The van der Waals surface area contributed by atoms with E-state index in [1.165, 1.54) is 6.07 Å². The van der Waals surface area contributed by atoms with E-state index in [2.05, 4.69) is 30.8 Å². The third-order valence-corrected chi connectivity index (χ3v) is 8.38. The number of aromatic nitrogens is 6. The van der Waals surface area contributed by atoms with Crippen molar-refractivity contribution < 1.29 is 13.9 Å². The van der Waals surface area contributed by atoms with Gasteiger partial charge in [0.25, 0.3) is 5.91 Å². The van der Waals surface area contributed by atoms with Crippen LogP contribution < -0.4 is 5.32 Å². The number of halogens is 3. The van der Waals surface area contributed by atoms with Gasteiger partial charge in [-0.3, -0.25) is 14.3 Å². The molecule has 13 heteroatoms. The lowest BCUT2D eigenvalue weighted by atomic mass is 9.88. The van der Waals surface area contributed by atoms with Gasteiger partial charge >= 0.3 is 0 Å². The van der Waals surface area contributed by atoms with Crippen LogP contribution in [-0.4, -0.2) is 80.4 Å². The summed E-state index contributed by atoms with van der Waals surface area (Å²) in [7, 11) is 0. The van der Waals surface area contributed by atoms with Crippen LogP contribution in [0.25, 0.3) is 28.5 Å². The van der Waals surface area contributed by atoms with Gasteiger partial charge in [0.2, 0.25) is 0 Å². The van der Waals surface area contributed by atoms with Gasteiger partial charge in [-0.1, -0.05) is 48.5 Å². The predicted octanol–water partition coefficient (Wildman–Crippen LogP) is 5.28. The fourth-order valence-corrected chi connectivity index (χ4v) is 6.19. The predicted molar refractivity (Wildman–Crippen MR) is 158 cm³/mol. The number of rotatable bonds is 8. The van der Waals surface area contributed by atoms with Crippen molar-refractivity contribution in [3.8, 4) is 28.5 Å². The van der Waals surface area contributed by atoms with E-state index in [9.17, 15) is 4.79 Å². The van der Waals surface area contributed by atoms with Crippen molar-refractivity contribution in [3.05, 3.63) is 63.6 Å². The highest BCUT2D eigenvalue weighted by Gasteiger charge is 2.30. The number of carbonyl (C=O) groups is 1. The van der Waals surface area contributed by atoms with Gasteiger partial charge < -0.3 is 10.1 Å². The molecule has 4 aromatic rings. The number of hydrogen-bond acceptors (Lipinski definition) is 7. The first-order valence-electron chi connectivity index (χ1n) is 14.2. The van der Waals surface area contributed by atoms with Gasteiger partial charge in [-0.25, -0.2) is 14.5 Å². The summed E-state index contributed by atoms with van der Waals surface area (Å²) in [5.41, 5.74) is 2.14.